The van der Waals surface area contributed by atoms with Crippen molar-refractivity contribution >= 4 is 23.8 Å². The van der Waals surface area contributed by atoms with Crippen LogP contribution in [0.2, 0.25) is 5.02 Å². The van der Waals surface area contributed by atoms with E-state index in [1.807, 2.05) is 24.3 Å². The lowest BCUT2D eigenvalue weighted by molar-refractivity contribution is 0.434. The first-order valence-corrected chi connectivity index (χ1v) is 7.81. The third kappa shape index (κ3) is 3.70. The Morgan fingerprint density at radius 2 is 2.05 bits per heavy atom. The van der Waals surface area contributed by atoms with E-state index in [1.165, 1.54) is 19.3 Å². The largest absolute Gasteiger partial charge is 0.300 e. The zero-order valence-corrected chi connectivity index (χ0v) is 13.5. The number of benzene rings is 1. The fraction of sp³-hybridized carbons (Fsp3) is 0.467. The van der Waals surface area contributed by atoms with E-state index >= 15 is 0 Å². The Kier molecular flexibility index (Phi) is 5.38. The van der Waals surface area contributed by atoms with Crippen molar-refractivity contribution in [1.29, 1.82) is 0 Å². The van der Waals surface area contributed by atoms with Gasteiger partial charge in [0.2, 0.25) is 0 Å². The molecule has 2 rings (SSSR count). The molecule has 1 aromatic heterocycles. The van der Waals surface area contributed by atoms with Gasteiger partial charge in [-0.05, 0) is 48.8 Å². The highest BCUT2D eigenvalue weighted by molar-refractivity contribution is 7.71. The highest BCUT2D eigenvalue weighted by atomic mass is 35.5. The summed E-state index contributed by atoms with van der Waals surface area (Å²) in [7, 11) is 0. The van der Waals surface area contributed by atoms with Crippen LogP contribution in [0.4, 0.5) is 0 Å². The average molecular weight is 310 g/mol. The van der Waals surface area contributed by atoms with Gasteiger partial charge in [-0.1, -0.05) is 38.3 Å². The Morgan fingerprint density at radius 1 is 1.35 bits per heavy atom. The number of aromatic nitrogens is 3. The monoisotopic (exact) mass is 309 g/mol. The number of hydrogen-bond donors (Lipinski definition) is 1. The molecule has 1 N–H and O–H groups in total. The normalized spacial score (nSPS) is 12.6. The standard InChI is InChI=1S/C15H20ClN3S/c1-3-4-5-11(2)10-19-14(17-18-15(19)20)12-6-8-13(16)9-7-12/h6-9,11H,3-5,10H2,1-2H3,(H,18,20)/t11-/m1/s1. The second kappa shape index (κ2) is 7.04. The summed E-state index contributed by atoms with van der Waals surface area (Å²) < 4.78 is 2.76. The molecule has 0 amide bonds. The molecule has 0 saturated carbocycles. The van der Waals surface area contributed by atoms with Gasteiger partial charge in [-0.2, -0.15) is 5.10 Å². The van der Waals surface area contributed by atoms with Gasteiger partial charge < -0.3 is 0 Å². The molecule has 0 fully saturated rings. The minimum atomic E-state index is 0.588. The molecule has 0 aliphatic rings. The first kappa shape index (κ1) is 15.3. The van der Waals surface area contributed by atoms with Crippen molar-refractivity contribution in [3.63, 3.8) is 0 Å². The van der Waals surface area contributed by atoms with Crippen molar-refractivity contribution in [2.45, 2.75) is 39.7 Å². The maximum absolute atomic E-state index is 5.93. The maximum Gasteiger partial charge on any atom is 0.195 e. The lowest BCUT2D eigenvalue weighted by Gasteiger charge is -2.13. The lowest BCUT2D eigenvalue weighted by Crippen LogP contribution is -2.09. The van der Waals surface area contributed by atoms with E-state index < -0.39 is 0 Å². The molecule has 3 nitrogen and oxygen atoms in total. The number of halogens is 1. The quantitative estimate of drug-likeness (QED) is 0.754. The summed E-state index contributed by atoms with van der Waals surface area (Å²) in [5.41, 5.74) is 1.03. The summed E-state index contributed by atoms with van der Waals surface area (Å²) in [6, 6.07) is 7.69. The molecule has 0 saturated heterocycles. The summed E-state index contributed by atoms with van der Waals surface area (Å²) >= 11 is 11.3. The Morgan fingerprint density at radius 3 is 2.70 bits per heavy atom. The van der Waals surface area contributed by atoms with E-state index in [9.17, 15) is 0 Å². The molecule has 5 heteroatoms. The zero-order chi connectivity index (χ0) is 14.5. The fourth-order valence-electron chi connectivity index (χ4n) is 2.26. The molecule has 20 heavy (non-hydrogen) atoms. The molecule has 108 valence electrons. The van der Waals surface area contributed by atoms with E-state index in [0.29, 0.717) is 10.7 Å². The summed E-state index contributed by atoms with van der Waals surface area (Å²) in [5.74, 6) is 1.47. The SMILES string of the molecule is CCCC[C@@H](C)Cn1c(-c2ccc(Cl)cc2)n[nH]c1=S. The van der Waals surface area contributed by atoms with Gasteiger partial charge in [0.1, 0.15) is 0 Å². The third-order valence-corrected chi connectivity index (χ3v) is 3.97. The fourth-order valence-corrected chi connectivity index (χ4v) is 2.59. The van der Waals surface area contributed by atoms with Crippen molar-refractivity contribution in [1.82, 2.24) is 14.8 Å². The molecular weight excluding hydrogens is 290 g/mol. The van der Waals surface area contributed by atoms with Crippen molar-refractivity contribution in [3.8, 4) is 11.4 Å². The van der Waals surface area contributed by atoms with Crippen LogP contribution in [-0.2, 0) is 6.54 Å². The molecule has 0 spiro atoms. The van der Waals surface area contributed by atoms with Crippen LogP contribution in [0.1, 0.15) is 33.1 Å². The van der Waals surface area contributed by atoms with E-state index in [4.69, 9.17) is 23.8 Å². The lowest BCUT2D eigenvalue weighted by atomic mass is 10.0. The molecule has 0 radical (unpaired) electrons. The molecule has 1 aromatic carbocycles. The van der Waals surface area contributed by atoms with Gasteiger partial charge in [0.05, 0.1) is 0 Å². The summed E-state index contributed by atoms with van der Waals surface area (Å²) in [5, 5.41) is 7.97. The van der Waals surface area contributed by atoms with Gasteiger partial charge >= 0.3 is 0 Å². The van der Waals surface area contributed by atoms with Crippen LogP contribution in [0.3, 0.4) is 0 Å². The number of hydrogen-bond acceptors (Lipinski definition) is 2. The number of H-pyrrole nitrogens is 1. The first-order chi connectivity index (χ1) is 9.61. The van der Waals surface area contributed by atoms with E-state index in [2.05, 4.69) is 28.6 Å². The van der Waals surface area contributed by atoms with Gasteiger partial charge in [0.15, 0.2) is 10.6 Å². The van der Waals surface area contributed by atoms with Gasteiger partial charge in [0, 0.05) is 17.1 Å². The van der Waals surface area contributed by atoms with Crippen molar-refractivity contribution in [3.05, 3.63) is 34.1 Å². The van der Waals surface area contributed by atoms with Gasteiger partial charge in [0.25, 0.3) is 0 Å². The van der Waals surface area contributed by atoms with Crippen LogP contribution < -0.4 is 0 Å². The Bertz CT molecular complexity index is 600. The van der Waals surface area contributed by atoms with Crippen LogP contribution >= 0.6 is 23.8 Å². The number of nitrogens with zero attached hydrogens (tertiary/aromatic N) is 2. The summed E-state index contributed by atoms with van der Waals surface area (Å²) in [6.07, 6.45) is 3.69. The smallest absolute Gasteiger partial charge is 0.195 e. The molecule has 0 bridgehead atoms. The highest BCUT2D eigenvalue weighted by Crippen LogP contribution is 2.21. The van der Waals surface area contributed by atoms with Crippen LogP contribution in [0.5, 0.6) is 0 Å². The van der Waals surface area contributed by atoms with E-state index in [1.54, 1.807) is 0 Å². The predicted octanol–water partition coefficient (Wildman–Crippen LogP) is 5.09. The minimum Gasteiger partial charge on any atom is -0.300 e. The zero-order valence-electron chi connectivity index (χ0n) is 11.9. The second-order valence-corrected chi connectivity index (χ2v) is 6.04. The van der Waals surface area contributed by atoms with Crippen LogP contribution in [0.25, 0.3) is 11.4 Å². The Labute approximate surface area is 130 Å². The second-order valence-electron chi connectivity index (χ2n) is 5.22. The topological polar surface area (TPSA) is 33.6 Å². The first-order valence-electron chi connectivity index (χ1n) is 7.03. The third-order valence-electron chi connectivity index (χ3n) is 3.41. The molecule has 0 unspecified atom stereocenters. The molecule has 0 aliphatic heterocycles. The highest BCUT2D eigenvalue weighted by Gasteiger charge is 2.11. The summed E-state index contributed by atoms with van der Waals surface area (Å²) in [4.78, 5) is 0. The van der Waals surface area contributed by atoms with Crippen LogP contribution in [-0.4, -0.2) is 14.8 Å². The van der Waals surface area contributed by atoms with Crippen molar-refractivity contribution in [2.75, 3.05) is 0 Å². The predicted molar refractivity (Wildman–Crippen MR) is 86.5 cm³/mol. The Hall–Kier alpha value is -1.13. The number of aromatic amines is 1. The Balaban J connectivity index is 2.23. The molecule has 1 atom stereocenters. The molecule has 0 aliphatic carbocycles. The summed E-state index contributed by atoms with van der Waals surface area (Å²) in [6.45, 7) is 5.37. The van der Waals surface area contributed by atoms with Crippen LogP contribution in [0.15, 0.2) is 24.3 Å². The van der Waals surface area contributed by atoms with Crippen molar-refractivity contribution < 1.29 is 0 Å². The molecule has 2 aromatic rings. The number of rotatable bonds is 6. The van der Waals surface area contributed by atoms with E-state index in [-0.39, 0.29) is 0 Å². The number of nitrogens with one attached hydrogen (secondary N) is 1. The van der Waals surface area contributed by atoms with Crippen molar-refractivity contribution in [2.24, 2.45) is 5.92 Å². The van der Waals surface area contributed by atoms with Gasteiger partial charge in [-0.25, -0.2) is 0 Å². The van der Waals surface area contributed by atoms with E-state index in [0.717, 1.165) is 23.0 Å². The molecular formula is C15H20ClN3S. The van der Waals surface area contributed by atoms with Gasteiger partial charge in [-0.15, -0.1) is 0 Å². The van der Waals surface area contributed by atoms with Crippen LogP contribution in [0, 0.1) is 10.7 Å². The average Bonchev–Trinajstić information content (AvgIpc) is 2.79. The van der Waals surface area contributed by atoms with Gasteiger partial charge in [-0.3, -0.25) is 9.67 Å². The molecule has 1 heterocycles. The number of unbranched alkanes of at least 4 members (excludes halogenated alkanes) is 1. The maximum atomic E-state index is 5.93. The minimum absolute atomic E-state index is 0.588.